The van der Waals surface area contributed by atoms with Crippen LogP contribution in [-0.4, -0.2) is 43.0 Å². The minimum atomic E-state index is 0.453. The number of aromatic amines is 1. The molecule has 0 unspecified atom stereocenters. The molecule has 2 aromatic heterocycles. The maximum atomic E-state index is 4.89. The van der Waals surface area contributed by atoms with Gasteiger partial charge >= 0.3 is 0 Å². The SMILES string of the molecule is CCn1c(C2CC2)nnc1N1C[C@H](c2nc(C3CC3)n[nH]2)[C@@H](C2CC2)C1. The summed E-state index contributed by atoms with van der Waals surface area (Å²) in [4.78, 5) is 7.36. The summed E-state index contributed by atoms with van der Waals surface area (Å²) in [5.41, 5.74) is 0. The minimum Gasteiger partial charge on any atom is -0.340 e. The maximum absolute atomic E-state index is 4.89. The van der Waals surface area contributed by atoms with E-state index < -0.39 is 0 Å². The van der Waals surface area contributed by atoms with Gasteiger partial charge < -0.3 is 4.90 Å². The van der Waals surface area contributed by atoms with Gasteiger partial charge in [0, 0.05) is 37.4 Å². The van der Waals surface area contributed by atoms with Gasteiger partial charge in [-0.15, -0.1) is 10.2 Å². The predicted molar refractivity (Wildman–Crippen MR) is 97.2 cm³/mol. The molecule has 1 aliphatic heterocycles. The molecule has 7 heteroatoms. The number of aromatic nitrogens is 6. The summed E-state index contributed by atoms with van der Waals surface area (Å²) in [5, 5.41) is 17.0. The van der Waals surface area contributed by atoms with Crippen molar-refractivity contribution in [2.75, 3.05) is 18.0 Å². The second kappa shape index (κ2) is 5.54. The van der Waals surface area contributed by atoms with Crippen molar-refractivity contribution in [3.8, 4) is 0 Å². The van der Waals surface area contributed by atoms with Crippen molar-refractivity contribution in [3.05, 3.63) is 17.5 Å². The lowest BCUT2D eigenvalue weighted by molar-refractivity contribution is 0.444. The van der Waals surface area contributed by atoms with Crippen LogP contribution in [0.15, 0.2) is 0 Å². The van der Waals surface area contributed by atoms with E-state index in [2.05, 4.69) is 36.8 Å². The topological polar surface area (TPSA) is 75.5 Å². The Hall–Kier alpha value is -1.92. The van der Waals surface area contributed by atoms with E-state index in [1.165, 1.54) is 44.3 Å². The molecule has 1 saturated heterocycles. The number of H-pyrrole nitrogens is 1. The van der Waals surface area contributed by atoms with Gasteiger partial charge in [-0.3, -0.25) is 9.67 Å². The zero-order chi connectivity index (χ0) is 17.3. The highest BCUT2D eigenvalue weighted by molar-refractivity contribution is 5.37. The summed E-state index contributed by atoms with van der Waals surface area (Å²) < 4.78 is 2.35. The Bertz CT molecular complexity index is 812. The van der Waals surface area contributed by atoms with Gasteiger partial charge in [0.2, 0.25) is 5.95 Å². The van der Waals surface area contributed by atoms with Gasteiger partial charge in [-0.05, 0) is 57.3 Å². The first kappa shape index (κ1) is 15.2. The second-order valence-corrected chi connectivity index (χ2v) is 8.74. The van der Waals surface area contributed by atoms with E-state index in [1.807, 2.05) is 0 Å². The summed E-state index contributed by atoms with van der Waals surface area (Å²) in [7, 11) is 0. The Balaban J connectivity index is 1.29. The van der Waals surface area contributed by atoms with Crippen molar-refractivity contribution in [2.45, 2.75) is 69.7 Å². The Morgan fingerprint density at radius 1 is 1.00 bits per heavy atom. The molecule has 0 spiro atoms. The molecule has 3 heterocycles. The van der Waals surface area contributed by atoms with Crippen LogP contribution in [0.25, 0.3) is 0 Å². The minimum absolute atomic E-state index is 0.453. The summed E-state index contributed by atoms with van der Waals surface area (Å²) in [6.07, 6.45) is 7.78. The summed E-state index contributed by atoms with van der Waals surface area (Å²) in [5.74, 6) is 7.65. The zero-order valence-corrected chi connectivity index (χ0v) is 15.4. The molecule has 138 valence electrons. The number of anilines is 1. The van der Waals surface area contributed by atoms with Crippen molar-refractivity contribution in [1.82, 2.24) is 29.9 Å². The normalized spacial score (nSPS) is 28.9. The van der Waals surface area contributed by atoms with Crippen LogP contribution < -0.4 is 4.90 Å². The average Bonchev–Trinajstić information content (AvgIpc) is 3.60. The number of hydrogen-bond donors (Lipinski definition) is 1. The lowest BCUT2D eigenvalue weighted by Crippen LogP contribution is -2.24. The molecule has 0 aromatic carbocycles. The van der Waals surface area contributed by atoms with Crippen LogP contribution in [0, 0.1) is 11.8 Å². The highest BCUT2D eigenvalue weighted by Gasteiger charge is 2.46. The summed E-state index contributed by atoms with van der Waals surface area (Å²) >= 11 is 0. The molecule has 3 saturated carbocycles. The van der Waals surface area contributed by atoms with E-state index in [1.54, 1.807) is 0 Å². The summed E-state index contributed by atoms with van der Waals surface area (Å²) in [6, 6.07) is 0. The lowest BCUT2D eigenvalue weighted by atomic mass is 9.91. The first-order valence-electron chi connectivity index (χ1n) is 10.4. The molecule has 1 N–H and O–H groups in total. The van der Waals surface area contributed by atoms with Gasteiger partial charge in [-0.2, -0.15) is 5.10 Å². The molecule has 7 nitrogen and oxygen atoms in total. The Morgan fingerprint density at radius 3 is 2.50 bits per heavy atom. The zero-order valence-electron chi connectivity index (χ0n) is 15.4. The largest absolute Gasteiger partial charge is 0.340 e. The highest BCUT2D eigenvalue weighted by Crippen LogP contribution is 2.48. The van der Waals surface area contributed by atoms with Crippen LogP contribution in [0.2, 0.25) is 0 Å². The first-order valence-corrected chi connectivity index (χ1v) is 10.4. The third-order valence-corrected chi connectivity index (χ3v) is 6.71. The number of hydrogen-bond acceptors (Lipinski definition) is 5. The molecular weight excluding hydrogens is 326 g/mol. The van der Waals surface area contributed by atoms with Crippen LogP contribution in [0.4, 0.5) is 5.95 Å². The fourth-order valence-electron chi connectivity index (χ4n) is 4.75. The smallest absolute Gasteiger partial charge is 0.227 e. The first-order chi connectivity index (χ1) is 12.8. The number of nitrogens with one attached hydrogen (secondary N) is 1. The van der Waals surface area contributed by atoms with E-state index in [0.717, 1.165) is 43.1 Å². The average molecular weight is 353 g/mol. The quantitative estimate of drug-likeness (QED) is 0.864. The Morgan fingerprint density at radius 2 is 1.81 bits per heavy atom. The van der Waals surface area contributed by atoms with Crippen molar-refractivity contribution in [1.29, 1.82) is 0 Å². The molecule has 0 radical (unpaired) electrons. The fourth-order valence-corrected chi connectivity index (χ4v) is 4.75. The highest BCUT2D eigenvalue weighted by atomic mass is 15.4. The van der Waals surface area contributed by atoms with Crippen molar-refractivity contribution >= 4 is 5.95 Å². The molecule has 6 rings (SSSR count). The summed E-state index contributed by atoms with van der Waals surface area (Å²) in [6.45, 7) is 5.24. The molecule has 4 fully saturated rings. The van der Waals surface area contributed by atoms with E-state index in [9.17, 15) is 0 Å². The van der Waals surface area contributed by atoms with Gasteiger partial charge in [0.15, 0.2) is 5.82 Å². The van der Waals surface area contributed by atoms with Crippen LogP contribution in [-0.2, 0) is 6.54 Å². The van der Waals surface area contributed by atoms with Gasteiger partial charge in [0.25, 0.3) is 0 Å². The monoisotopic (exact) mass is 353 g/mol. The molecule has 0 amide bonds. The van der Waals surface area contributed by atoms with Crippen LogP contribution in [0.1, 0.15) is 80.7 Å². The Kier molecular flexibility index (Phi) is 3.23. The number of rotatable bonds is 6. The van der Waals surface area contributed by atoms with Gasteiger partial charge in [-0.25, -0.2) is 4.98 Å². The van der Waals surface area contributed by atoms with Crippen molar-refractivity contribution in [3.63, 3.8) is 0 Å². The van der Waals surface area contributed by atoms with Gasteiger partial charge in [0.1, 0.15) is 11.6 Å². The maximum Gasteiger partial charge on any atom is 0.227 e. The van der Waals surface area contributed by atoms with E-state index >= 15 is 0 Å². The molecule has 4 aliphatic rings. The van der Waals surface area contributed by atoms with Crippen LogP contribution >= 0.6 is 0 Å². The van der Waals surface area contributed by atoms with Gasteiger partial charge in [0.05, 0.1) is 0 Å². The lowest BCUT2D eigenvalue weighted by Gasteiger charge is -2.18. The molecule has 2 aromatic rings. The molecule has 26 heavy (non-hydrogen) atoms. The third kappa shape index (κ3) is 2.47. The van der Waals surface area contributed by atoms with E-state index in [-0.39, 0.29) is 0 Å². The van der Waals surface area contributed by atoms with E-state index in [0.29, 0.717) is 23.7 Å². The predicted octanol–water partition coefficient (Wildman–Crippen LogP) is 2.80. The van der Waals surface area contributed by atoms with Crippen LogP contribution in [0.5, 0.6) is 0 Å². The Labute approximate surface area is 153 Å². The third-order valence-electron chi connectivity index (χ3n) is 6.71. The van der Waals surface area contributed by atoms with E-state index in [4.69, 9.17) is 4.98 Å². The molecule has 2 atom stereocenters. The molecule has 0 bridgehead atoms. The van der Waals surface area contributed by atoms with Crippen LogP contribution in [0.3, 0.4) is 0 Å². The second-order valence-electron chi connectivity index (χ2n) is 8.74. The number of nitrogens with zero attached hydrogens (tertiary/aromatic N) is 6. The van der Waals surface area contributed by atoms with Gasteiger partial charge in [-0.1, -0.05) is 0 Å². The molecular formula is C19H27N7. The molecule has 3 aliphatic carbocycles. The fraction of sp³-hybridized carbons (Fsp3) is 0.789. The van der Waals surface area contributed by atoms with Crippen molar-refractivity contribution < 1.29 is 0 Å². The van der Waals surface area contributed by atoms with Crippen molar-refractivity contribution in [2.24, 2.45) is 11.8 Å². The standard InChI is InChI=1S/C19H27N7/c1-2-26-18(13-7-8-13)23-24-19(26)25-9-14(11-3-4-11)15(10-25)17-20-16(21-22-17)12-5-6-12/h11-15H,2-10H2,1H3,(H,20,21,22)/t14-,15+/m1/s1.